The summed E-state index contributed by atoms with van der Waals surface area (Å²) in [6.45, 7) is 6.25. The number of nitrogens with zero attached hydrogens (tertiary/aromatic N) is 2. The average molecular weight is 416 g/mol. The van der Waals surface area contributed by atoms with Crippen molar-refractivity contribution in [1.29, 1.82) is 0 Å². The van der Waals surface area contributed by atoms with E-state index in [4.69, 9.17) is 4.74 Å². The first-order valence-electron chi connectivity index (χ1n) is 9.80. The second kappa shape index (κ2) is 11.6. The smallest absolute Gasteiger partial charge is 0.311 e. The molecule has 1 aromatic heterocycles. The number of nitrogens with one attached hydrogen (secondary N) is 1. The Hall–Kier alpha value is -2.41. The van der Waals surface area contributed by atoms with Crippen LogP contribution in [0.1, 0.15) is 35.9 Å². The van der Waals surface area contributed by atoms with E-state index in [2.05, 4.69) is 15.3 Å². The molecular formula is C22H29N3O3S. The van der Waals surface area contributed by atoms with Gasteiger partial charge in [-0.2, -0.15) is 0 Å². The van der Waals surface area contributed by atoms with Crippen LogP contribution >= 0.6 is 11.8 Å². The van der Waals surface area contributed by atoms with Crippen molar-refractivity contribution in [2.75, 3.05) is 19.4 Å². The number of benzene rings is 1. The molecule has 29 heavy (non-hydrogen) atoms. The molecule has 0 spiro atoms. The van der Waals surface area contributed by atoms with Crippen LogP contribution in [0.15, 0.2) is 35.5 Å². The van der Waals surface area contributed by atoms with Gasteiger partial charge in [-0.3, -0.25) is 9.59 Å². The molecule has 0 bridgehead atoms. The lowest BCUT2D eigenvalue weighted by molar-refractivity contribution is -0.147. The minimum atomic E-state index is -0.408. The lowest BCUT2D eigenvalue weighted by atomic mass is 9.99. The second-order valence-electron chi connectivity index (χ2n) is 6.80. The molecule has 1 unspecified atom stereocenters. The van der Waals surface area contributed by atoms with Gasteiger partial charge in [-0.25, -0.2) is 9.97 Å². The average Bonchev–Trinajstić information content (AvgIpc) is 2.71. The first kappa shape index (κ1) is 22.9. The normalized spacial score (nSPS) is 11.7. The van der Waals surface area contributed by atoms with E-state index in [1.54, 1.807) is 6.92 Å². The molecule has 156 valence electrons. The molecule has 0 saturated carbocycles. The van der Waals surface area contributed by atoms with Crippen molar-refractivity contribution in [3.8, 4) is 0 Å². The maximum atomic E-state index is 12.4. The Morgan fingerprint density at radius 3 is 2.38 bits per heavy atom. The van der Waals surface area contributed by atoms with Crippen LogP contribution in [0.5, 0.6) is 0 Å². The number of esters is 1. The van der Waals surface area contributed by atoms with Crippen molar-refractivity contribution < 1.29 is 14.3 Å². The van der Waals surface area contributed by atoms with Crippen LogP contribution in [-0.4, -0.2) is 41.3 Å². The number of carbonyl (C=O) groups excluding carboxylic acids is 2. The van der Waals surface area contributed by atoms with Gasteiger partial charge in [0, 0.05) is 24.4 Å². The van der Waals surface area contributed by atoms with E-state index >= 15 is 0 Å². The summed E-state index contributed by atoms with van der Waals surface area (Å²) < 4.78 is 5.18. The Kier molecular flexibility index (Phi) is 9.12. The van der Waals surface area contributed by atoms with Crippen LogP contribution in [0.2, 0.25) is 0 Å². The molecule has 0 aliphatic rings. The molecule has 7 heteroatoms. The zero-order chi connectivity index (χ0) is 21.2. The van der Waals surface area contributed by atoms with Gasteiger partial charge in [-0.15, -0.1) is 0 Å². The number of aryl methyl sites for hydroxylation is 2. The number of rotatable bonds is 10. The number of hydrogen-bond donors (Lipinski definition) is 1. The number of amides is 1. The number of hydrogen-bond acceptors (Lipinski definition) is 6. The summed E-state index contributed by atoms with van der Waals surface area (Å²) in [5.41, 5.74) is 3.85. The van der Waals surface area contributed by atoms with Crippen molar-refractivity contribution in [2.45, 2.75) is 45.2 Å². The summed E-state index contributed by atoms with van der Waals surface area (Å²) in [5.74, 6) is -0.793. The van der Waals surface area contributed by atoms with Crippen LogP contribution < -0.4 is 5.32 Å². The van der Waals surface area contributed by atoms with Gasteiger partial charge in [0.15, 0.2) is 5.16 Å². The molecule has 2 rings (SSSR count). The fraction of sp³-hybridized carbons (Fsp3) is 0.455. The highest BCUT2D eigenvalue weighted by Gasteiger charge is 2.21. The molecule has 0 fully saturated rings. The van der Waals surface area contributed by atoms with Gasteiger partial charge < -0.3 is 10.1 Å². The van der Waals surface area contributed by atoms with Gasteiger partial charge in [-0.1, -0.05) is 42.1 Å². The molecule has 0 aliphatic carbocycles. The van der Waals surface area contributed by atoms with Crippen LogP contribution in [0.4, 0.5) is 0 Å². The van der Waals surface area contributed by atoms with E-state index < -0.39 is 5.92 Å². The van der Waals surface area contributed by atoms with Gasteiger partial charge in [0.05, 0.1) is 12.5 Å². The summed E-state index contributed by atoms with van der Waals surface area (Å²) in [6.07, 6.45) is 3.37. The number of thioether (sulfide) groups is 1. The monoisotopic (exact) mass is 415 g/mol. The largest absolute Gasteiger partial charge is 0.466 e. The molecule has 1 heterocycles. The maximum Gasteiger partial charge on any atom is 0.311 e. The summed E-state index contributed by atoms with van der Waals surface area (Å²) >= 11 is 1.50. The number of carbonyl (C=O) groups is 2. The van der Waals surface area contributed by atoms with Gasteiger partial charge in [0.1, 0.15) is 0 Å². The lowest BCUT2D eigenvalue weighted by Crippen LogP contribution is -2.35. The highest BCUT2D eigenvalue weighted by molar-refractivity contribution is 7.98. The first-order chi connectivity index (χ1) is 13.9. The zero-order valence-electron chi connectivity index (χ0n) is 17.5. The predicted octanol–water partition coefficient (Wildman–Crippen LogP) is 3.29. The molecule has 1 aromatic carbocycles. The van der Waals surface area contributed by atoms with Crippen LogP contribution in [0.25, 0.3) is 0 Å². The minimum Gasteiger partial charge on any atom is -0.466 e. The second-order valence-corrected chi connectivity index (χ2v) is 7.58. The van der Waals surface area contributed by atoms with Crippen LogP contribution in [-0.2, 0) is 27.2 Å². The SMILES string of the molecule is CCOC(=O)C(CNC(=O)CCc1c(C)nc(SC)nc1C)Cc1ccccc1. The van der Waals surface area contributed by atoms with Gasteiger partial charge >= 0.3 is 5.97 Å². The van der Waals surface area contributed by atoms with E-state index in [-0.39, 0.29) is 18.4 Å². The molecule has 1 amide bonds. The Morgan fingerprint density at radius 1 is 1.14 bits per heavy atom. The standard InChI is InChI=1S/C22H29N3O3S/c1-5-28-21(27)18(13-17-9-7-6-8-10-17)14-23-20(26)12-11-19-15(2)24-22(29-4)25-16(19)3/h6-10,18H,5,11-14H2,1-4H3,(H,23,26). The molecular weight excluding hydrogens is 386 g/mol. The van der Waals surface area contributed by atoms with Crippen molar-refractivity contribution in [3.63, 3.8) is 0 Å². The van der Waals surface area contributed by atoms with Gasteiger partial charge in [0.2, 0.25) is 5.91 Å². The van der Waals surface area contributed by atoms with E-state index in [0.29, 0.717) is 25.9 Å². The molecule has 1 N–H and O–H groups in total. The quantitative estimate of drug-likeness (QED) is 0.364. The number of aromatic nitrogens is 2. The van der Waals surface area contributed by atoms with Crippen molar-refractivity contribution in [2.24, 2.45) is 5.92 Å². The van der Waals surface area contributed by atoms with E-state index in [1.165, 1.54) is 11.8 Å². The highest BCUT2D eigenvalue weighted by Crippen LogP contribution is 2.17. The van der Waals surface area contributed by atoms with Crippen molar-refractivity contribution in [1.82, 2.24) is 15.3 Å². The third-order valence-corrected chi connectivity index (χ3v) is 5.22. The zero-order valence-corrected chi connectivity index (χ0v) is 18.3. The molecule has 0 saturated heterocycles. The summed E-state index contributed by atoms with van der Waals surface area (Å²) in [7, 11) is 0. The minimum absolute atomic E-state index is 0.0971. The topological polar surface area (TPSA) is 81.2 Å². The highest BCUT2D eigenvalue weighted by atomic mass is 32.2. The Morgan fingerprint density at radius 2 is 1.79 bits per heavy atom. The third-order valence-electron chi connectivity index (χ3n) is 4.68. The maximum absolute atomic E-state index is 12.4. The lowest BCUT2D eigenvalue weighted by Gasteiger charge is -2.17. The molecule has 0 radical (unpaired) electrons. The molecule has 2 aromatic rings. The first-order valence-corrected chi connectivity index (χ1v) is 11.0. The number of ether oxygens (including phenoxy) is 1. The third kappa shape index (κ3) is 7.16. The van der Waals surface area contributed by atoms with Crippen molar-refractivity contribution in [3.05, 3.63) is 52.8 Å². The Balaban J connectivity index is 1.93. The molecule has 0 aliphatic heterocycles. The van der Waals surface area contributed by atoms with Gasteiger partial charge in [0.25, 0.3) is 0 Å². The van der Waals surface area contributed by atoms with E-state index in [1.807, 2.05) is 50.4 Å². The fourth-order valence-corrected chi connectivity index (χ4v) is 3.58. The molecule has 1 atom stereocenters. The predicted molar refractivity (Wildman–Crippen MR) is 115 cm³/mol. The summed E-state index contributed by atoms with van der Waals surface area (Å²) in [4.78, 5) is 33.6. The van der Waals surface area contributed by atoms with E-state index in [0.717, 1.165) is 27.7 Å². The Labute approximate surface area is 176 Å². The Bertz CT molecular complexity index is 804. The van der Waals surface area contributed by atoms with E-state index in [9.17, 15) is 9.59 Å². The van der Waals surface area contributed by atoms with Crippen molar-refractivity contribution >= 4 is 23.6 Å². The fourth-order valence-electron chi connectivity index (χ4n) is 3.12. The summed E-state index contributed by atoms with van der Waals surface area (Å²) in [6, 6.07) is 9.75. The van der Waals surface area contributed by atoms with Crippen LogP contribution in [0.3, 0.4) is 0 Å². The van der Waals surface area contributed by atoms with Gasteiger partial charge in [-0.05, 0) is 51.0 Å². The summed E-state index contributed by atoms with van der Waals surface area (Å²) in [5, 5.41) is 3.63. The molecule has 6 nitrogen and oxygen atoms in total. The van der Waals surface area contributed by atoms with Crippen LogP contribution in [0, 0.1) is 19.8 Å².